The summed E-state index contributed by atoms with van der Waals surface area (Å²) >= 11 is 2.76. The molecule has 8 nitrogen and oxygen atoms in total. The molecule has 0 spiro atoms. The molecule has 1 aliphatic rings. The highest BCUT2D eigenvalue weighted by Crippen LogP contribution is 2.32. The van der Waals surface area contributed by atoms with Crippen LogP contribution in [0.3, 0.4) is 0 Å². The lowest BCUT2D eigenvalue weighted by Crippen LogP contribution is -2.17. The lowest BCUT2D eigenvalue weighted by molar-refractivity contribution is -0.137. The normalized spacial score (nSPS) is 15.5. The van der Waals surface area contributed by atoms with Crippen molar-refractivity contribution in [3.63, 3.8) is 0 Å². The number of hydrogen-bond donors (Lipinski definition) is 1. The number of carbonyl (C=O) groups excluding carboxylic acids is 1. The average Bonchev–Trinajstić information content (AvgIpc) is 3.44. The van der Waals surface area contributed by atoms with Crippen molar-refractivity contribution in [1.82, 2.24) is 9.97 Å². The maximum Gasteiger partial charge on any atom is 0.513 e. The van der Waals surface area contributed by atoms with Gasteiger partial charge in [0.25, 0.3) is 0 Å². The molecule has 2 aromatic heterocycles. The Labute approximate surface area is 199 Å². The number of aliphatic imine (C=N–C) groups is 1. The number of rotatable bonds is 9. The fourth-order valence-corrected chi connectivity index (χ4v) is 6.61. The van der Waals surface area contributed by atoms with Gasteiger partial charge >= 0.3 is 12.1 Å². The second kappa shape index (κ2) is 11.0. The van der Waals surface area contributed by atoms with Crippen LogP contribution in [0.1, 0.15) is 11.4 Å². The number of hydrogen-bond acceptors (Lipinski definition) is 11. The molecule has 1 atom stereocenters. The lowest BCUT2D eigenvalue weighted by atomic mass is 10.3. The summed E-state index contributed by atoms with van der Waals surface area (Å²) < 4.78 is 11.2. The highest BCUT2D eigenvalue weighted by molar-refractivity contribution is 8.76. The zero-order valence-corrected chi connectivity index (χ0v) is 19.8. The highest BCUT2D eigenvalue weighted by Gasteiger charge is 2.27. The largest absolute Gasteiger partial charge is 0.513 e. The van der Waals surface area contributed by atoms with Crippen LogP contribution in [0.5, 0.6) is 5.75 Å². The predicted molar refractivity (Wildman–Crippen MR) is 129 cm³/mol. The van der Waals surface area contributed by atoms with Gasteiger partial charge in [0, 0.05) is 23.8 Å². The van der Waals surface area contributed by atoms with Crippen LogP contribution >= 0.6 is 44.7 Å². The van der Waals surface area contributed by atoms with E-state index < -0.39 is 18.2 Å². The van der Waals surface area contributed by atoms with Crippen LogP contribution in [0.15, 0.2) is 52.6 Å². The number of nitrogens with zero attached hydrogens (tertiary/aromatic N) is 3. The minimum Gasteiger partial charge on any atom is -0.480 e. The fourth-order valence-electron chi connectivity index (χ4n) is 2.57. The molecule has 0 bridgehead atoms. The van der Waals surface area contributed by atoms with Gasteiger partial charge in [0.15, 0.2) is 6.04 Å². The number of ether oxygens (including phenoxy) is 2. The van der Waals surface area contributed by atoms with Crippen molar-refractivity contribution < 1.29 is 24.2 Å². The molecule has 1 aliphatic heterocycles. The zero-order chi connectivity index (χ0) is 22.3. The van der Waals surface area contributed by atoms with E-state index in [2.05, 4.69) is 15.0 Å². The van der Waals surface area contributed by atoms with Crippen LogP contribution in [-0.2, 0) is 9.53 Å². The van der Waals surface area contributed by atoms with E-state index in [4.69, 9.17) is 14.6 Å². The molecule has 3 heterocycles. The third-order valence-electron chi connectivity index (χ3n) is 4.05. The molecule has 0 saturated heterocycles. The molecule has 0 amide bonds. The standard InChI is InChI=1S/C20H17N3O5S4/c24-19(25)14-11-29-17(23-14)18-22-13-6-5-12(10-15(13)31-18)28-20(26)27-8-3-9-30-32-16-4-1-2-7-21-16/h1-2,4-7,10,14H,3,8-9,11H2,(H,24,25)/t14-/m1/s1. The van der Waals surface area contributed by atoms with Crippen molar-refractivity contribution >= 4 is 72.1 Å². The Morgan fingerprint density at radius 2 is 2.16 bits per heavy atom. The summed E-state index contributed by atoms with van der Waals surface area (Å²) in [6.45, 7) is 0.267. The van der Waals surface area contributed by atoms with Gasteiger partial charge in [0.05, 0.1) is 16.8 Å². The van der Waals surface area contributed by atoms with E-state index in [0.29, 0.717) is 28.0 Å². The second-order valence-electron chi connectivity index (χ2n) is 6.38. The number of thioether (sulfide) groups is 1. The van der Waals surface area contributed by atoms with Crippen molar-refractivity contribution in [2.24, 2.45) is 4.99 Å². The van der Waals surface area contributed by atoms with Crippen molar-refractivity contribution in [2.75, 3.05) is 18.1 Å². The number of benzene rings is 1. The van der Waals surface area contributed by atoms with E-state index in [1.54, 1.807) is 46.0 Å². The Kier molecular flexibility index (Phi) is 7.90. The quantitative estimate of drug-likeness (QED) is 0.184. The Morgan fingerprint density at radius 1 is 1.25 bits per heavy atom. The van der Waals surface area contributed by atoms with E-state index >= 15 is 0 Å². The fraction of sp³-hybridized carbons (Fsp3) is 0.250. The lowest BCUT2D eigenvalue weighted by Gasteiger charge is -2.05. The van der Waals surface area contributed by atoms with Crippen molar-refractivity contribution in [2.45, 2.75) is 17.5 Å². The number of carboxylic acid groups (broad SMARTS) is 1. The predicted octanol–water partition coefficient (Wildman–Crippen LogP) is 4.98. The minimum atomic E-state index is -0.937. The number of fused-ring (bicyclic) bond motifs is 1. The first-order valence-electron chi connectivity index (χ1n) is 9.48. The molecular formula is C20H17N3O5S4. The van der Waals surface area contributed by atoms with Crippen LogP contribution in [0.4, 0.5) is 4.79 Å². The number of aromatic nitrogens is 2. The molecule has 0 radical (unpaired) electrons. The van der Waals surface area contributed by atoms with Crippen molar-refractivity contribution in [3.8, 4) is 5.75 Å². The summed E-state index contributed by atoms with van der Waals surface area (Å²) in [5.74, 6) is 0.645. The molecular weight excluding hydrogens is 491 g/mol. The van der Waals surface area contributed by atoms with E-state index in [1.165, 1.54) is 23.1 Å². The van der Waals surface area contributed by atoms with Gasteiger partial charge in [-0.2, -0.15) is 0 Å². The SMILES string of the molecule is O=C(OCCCSSc1ccccn1)Oc1ccc2nc(C3=N[C@@H](C(=O)O)CS3)sc2c1. The number of aliphatic carboxylic acids is 1. The molecule has 12 heteroatoms. The van der Waals surface area contributed by atoms with Crippen LogP contribution < -0.4 is 4.74 Å². The molecule has 3 aromatic rings. The summed E-state index contributed by atoms with van der Waals surface area (Å²) in [6, 6.07) is 10.1. The van der Waals surface area contributed by atoms with Crippen LogP contribution in [0.25, 0.3) is 10.2 Å². The number of carbonyl (C=O) groups is 2. The Hall–Kier alpha value is -2.28. The highest BCUT2D eigenvalue weighted by atomic mass is 33.1. The summed E-state index contributed by atoms with van der Waals surface area (Å²) in [5.41, 5.74) is 0.732. The van der Waals surface area contributed by atoms with Crippen LogP contribution in [0.2, 0.25) is 0 Å². The second-order valence-corrected chi connectivity index (χ2v) is 10.9. The van der Waals surface area contributed by atoms with E-state index in [9.17, 15) is 9.59 Å². The zero-order valence-electron chi connectivity index (χ0n) is 16.5. The summed E-state index contributed by atoms with van der Waals surface area (Å²) in [5, 5.41) is 11.3. The van der Waals surface area contributed by atoms with E-state index in [-0.39, 0.29) is 6.61 Å². The van der Waals surface area contributed by atoms with Gasteiger partial charge in [-0.15, -0.1) is 23.1 Å². The molecule has 1 N–H and O–H groups in total. The van der Waals surface area contributed by atoms with Crippen molar-refractivity contribution in [3.05, 3.63) is 47.6 Å². The van der Waals surface area contributed by atoms with Gasteiger partial charge in [-0.3, -0.25) is 4.99 Å². The summed E-state index contributed by atoms with van der Waals surface area (Å²) in [4.78, 5) is 36.0. The molecule has 166 valence electrons. The first-order valence-corrected chi connectivity index (χ1v) is 13.6. The van der Waals surface area contributed by atoms with Gasteiger partial charge in [-0.05, 0) is 41.5 Å². The number of thiazole rings is 1. The van der Waals surface area contributed by atoms with Gasteiger partial charge in [-0.25, -0.2) is 19.6 Å². The van der Waals surface area contributed by atoms with E-state index in [0.717, 1.165) is 21.0 Å². The smallest absolute Gasteiger partial charge is 0.480 e. The van der Waals surface area contributed by atoms with Gasteiger partial charge in [0.1, 0.15) is 20.8 Å². The molecule has 0 aliphatic carbocycles. The molecule has 1 aromatic carbocycles. The Bertz CT molecular complexity index is 1140. The number of pyridine rings is 1. The summed E-state index contributed by atoms with van der Waals surface area (Å²) in [6.07, 6.45) is 1.70. The monoisotopic (exact) mass is 507 g/mol. The van der Waals surface area contributed by atoms with Crippen LogP contribution in [0, 0.1) is 0 Å². The average molecular weight is 508 g/mol. The minimum absolute atomic E-state index is 0.267. The van der Waals surface area contributed by atoms with Gasteiger partial charge < -0.3 is 14.6 Å². The summed E-state index contributed by atoms with van der Waals surface area (Å²) in [7, 11) is 3.24. The van der Waals surface area contributed by atoms with Crippen molar-refractivity contribution in [1.29, 1.82) is 0 Å². The molecule has 32 heavy (non-hydrogen) atoms. The van der Waals surface area contributed by atoms with Gasteiger partial charge in [0.2, 0.25) is 0 Å². The Morgan fingerprint density at radius 3 is 2.94 bits per heavy atom. The van der Waals surface area contributed by atoms with Crippen LogP contribution in [-0.4, -0.2) is 56.4 Å². The topological polar surface area (TPSA) is 111 Å². The number of carboxylic acids is 1. The maximum absolute atomic E-state index is 12.0. The maximum atomic E-state index is 12.0. The molecule has 0 fully saturated rings. The third-order valence-corrected chi connectivity index (χ3v) is 8.61. The van der Waals surface area contributed by atoms with E-state index in [1.807, 2.05) is 18.2 Å². The molecule has 0 saturated carbocycles. The Balaban J connectivity index is 1.23. The first-order chi connectivity index (χ1) is 15.6. The molecule has 0 unspecified atom stereocenters. The molecule has 4 rings (SSSR count). The van der Waals surface area contributed by atoms with Gasteiger partial charge in [-0.1, -0.05) is 16.9 Å². The third kappa shape index (κ3) is 6.15. The first kappa shape index (κ1) is 22.9.